The van der Waals surface area contributed by atoms with Crippen LogP contribution in [-0.2, 0) is 9.53 Å². The molecule has 68 valence electrons. The highest BCUT2D eigenvalue weighted by molar-refractivity contribution is 5.74. The second kappa shape index (κ2) is 2.73. The largest absolute Gasteiger partial charge is 0.459 e. The number of hydrogen-bond acceptors (Lipinski definition) is 3. The third-order valence-electron chi connectivity index (χ3n) is 2.91. The maximum Gasteiger partial charge on any atom is 0.309 e. The van der Waals surface area contributed by atoms with Crippen LogP contribution in [0.15, 0.2) is 0 Å². The molecule has 1 atom stereocenters. The highest BCUT2D eigenvalue weighted by Crippen LogP contribution is 2.37. The molecule has 0 aromatic heterocycles. The van der Waals surface area contributed by atoms with Crippen LogP contribution in [0.2, 0.25) is 0 Å². The molecule has 2 saturated heterocycles. The van der Waals surface area contributed by atoms with Crippen LogP contribution >= 0.6 is 0 Å². The van der Waals surface area contributed by atoms with Gasteiger partial charge in [-0.2, -0.15) is 0 Å². The molecule has 2 aliphatic rings. The lowest BCUT2D eigenvalue weighted by Crippen LogP contribution is -2.41. The molecule has 0 bridgehead atoms. The van der Waals surface area contributed by atoms with E-state index in [9.17, 15) is 4.79 Å². The zero-order chi connectivity index (χ0) is 8.60. The van der Waals surface area contributed by atoms with Crippen molar-refractivity contribution >= 4 is 5.97 Å². The minimum Gasteiger partial charge on any atom is -0.459 e. The molecule has 0 aliphatic carbocycles. The van der Waals surface area contributed by atoms with Gasteiger partial charge in [0.15, 0.2) is 0 Å². The molecule has 3 nitrogen and oxygen atoms in total. The monoisotopic (exact) mass is 169 g/mol. The average Bonchev–Trinajstić information content (AvgIpc) is 2.29. The third kappa shape index (κ3) is 1.22. The Bertz CT molecular complexity index is 197. The first-order valence-electron chi connectivity index (χ1n) is 4.65. The fourth-order valence-electron chi connectivity index (χ4n) is 2.19. The smallest absolute Gasteiger partial charge is 0.309 e. The van der Waals surface area contributed by atoms with Crippen LogP contribution in [0.3, 0.4) is 0 Å². The van der Waals surface area contributed by atoms with Crippen LogP contribution in [0.4, 0.5) is 0 Å². The Morgan fingerprint density at radius 3 is 2.67 bits per heavy atom. The first-order chi connectivity index (χ1) is 5.72. The van der Waals surface area contributed by atoms with E-state index in [4.69, 9.17) is 4.74 Å². The number of ether oxygens (including phenoxy) is 1. The van der Waals surface area contributed by atoms with E-state index in [2.05, 4.69) is 5.32 Å². The summed E-state index contributed by atoms with van der Waals surface area (Å²) >= 11 is 0. The molecule has 2 aliphatic heterocycles. The van der Waals surface area contributed by atoms with Crippen molar-refractivity contribution in [1.29, 1.82) is 0 Å². The maximum absolute atomic E-state index is 11.2. The molecule has 1 N–H and O–H groups in total. The van der Waals surface area contributed by atoms with Crippen molar-refractivity contribution in [3.05, 3.63) is 0 Å². The molecule has 0 amide bonds. The van der Waals surface area contributed by atoms with Crippen molar-refractivity contribution < 1.29 is 9.53 Å². The number of piperidine rings is 1. The van der Waals surface area contributed by atoms with Crippen LogP contribution in [0.5, 0.6) is 0 Å². The number of rotatable bonds is 0. The zero-order valence-corrected chi connectivity index (χ0v) is 7.43. The van der Waals surface area contributed by atoms with Crippen molar-refractivity contribution in [3.8, 4) is 0 Å². The summed E-state index contributed by atoms with van der Waals surface area (Å²) in [6.45, 7) is 3.93. The summed E-state index contributed by atoms with van der Waals surface area (Å²) in [7, 11) is 0. The maximum atomic E-state index is 11.2. The van der Waals surface area contributed by atoms with Crippen LogP contribution in [0, 0.1) is 5.92 Å². The van der Waals surface area contributed by atoms with Gasteiger partial charge in [-0.25, -0.2) is 0 Å². The predicted molar refractivity (Wildman–Crippen MR) is 44.7 cm³/mol. The van der Waals surface area contributed by atoms with Gasteiger partial charge in [-0.15, -0.1) is 0 Å². The van der Waals surface area contributed by atoms with E-state index in [0.717, 1.165) is 32.4 Å². The van der Waals surface area contributed by atoms with Gasteiger partial charge < -0.3 is 10.1 Å². The van der Waals surface area contributed by atoms with Crippen molar-refractivity contribution in [2.24, 2.45) is 5.92 Å². The van der Waals surface area contributed by atoms with Crippen LogP contribution in [-0.4, -0.2) is 24.7 Å². The van der Waals surface area contributed by atoms with Crippen LogP contribution < -0.4 is 5.32 Å². The van der Waals surface area contributed by atoms with E-state index in [1.807, 2.05) is 6.92 Å². The normalized spacial score (nSPS) is 33.8. The summed E-state index contributed by atoms with van der Waals surface area (Å²) in [4.78, 5) is 11.2. The molecular formula is C9H15NO2. The molecule has 0 aromatic rings. The van der Waals surface area contributed by atoms with Crippen molar-refractivity contribution in [3.63, 3.8) is 0 Å². The number of hydrogen-bond donors (Lipinski definition) is 1. The second-order valence-electron chi connectivity index (χ2n) is 3.96. The summed E-state index contributed by atoms with van der Waals surface area (Å²) in [5, 5.41) is 3.27. The summed E-state index contributed by atoms with van der Waals surface area (Å²) < 4.78 is 5.42. The lowest BCUT2D eigenvalue weighted by atomic mass is 9.87. The van der Waals surface area contributed by atoms with Crippen LogP contribution in [0.1, 0.15) is 26.2 Å². The summed E-state index contributed by atoms with van der Waals surface area (Å²) in [6, 6.07) is 0. The minimum atomic E-state index is -0.0955. The molecule has 3 heteroatoms. The molecule has 0 radical (unpaired) electrons. The van der Waals surface area contributed by atoms with Gasteiger partial charge in [0.25, 0.3) is 0 Å². The topological polar surface area (TPSA) is 38.3 Å². The van der Waals surface area contributed by atoms with Crippen molar-refractivity contribution in [1.82, 2.24) is 5.32 Å². The van der Waals surface area contributed by atoms with E-state index in [1.165, 1.54) is 0 Å². The summed E-state index contributed by atoms with van der Waals surface area (Å²) in [5.74, 6) is 0.111. The Balaban J connectivity index is 2.07. The van der Waals surface area contributed by atoms with E-state index in [-0.39, 0.29) is 17.5 Å². The van der Waals surface area contributed by atoms with Gasteiger partial charge in [-0.05, 0) is 25.9 Å². The lowest BCUT2D eigenvalue weighted by molar-refractivity contribution is -0.151. The van der Waals surface area contributed by atoms with Crippen LogP contribution in [0.25, 0.3) is 0 Å². The quantitative estimate of drug-likeness (QED) is 0.542. The van der Waals surface area contributed by atoms with E-state index < -0.39 is 0 Å². The highest BCUT2D eigenvalue weighted by Gasteiger charge is 2.44. The van der Waals surface area contributed by atoms with Gasteiger partial charge in [0.1, 0.15) is 5.60 Å². The third-order valence-corrected chi connectivity index (χ3v) is 2.91. The molecule has 2 fully saturated rings. The predicted octanol–water partition coefficient (Wildman–Crippen LogP) is 0.692. The molecule has 12 heavy (non-hydrogen) atoms. The Labute approximate surface area is 72.5 Å². The Morgan fingerprint density at radius 1 is 1.50 bits per heavy atom. The number of nitrogens with one attached hydrogen (secondary N) is 1. The molecular weight excluding hydrogens is 154 g/mol. The highest BCUT2D eigenvalue weighted by atomic mass is 16.6. The number of carbonyl (C=O) groups excluding carboxylic acids is 1. The molecule has 1 spiro atoms. The lowest BCUT2D eigenvalue weighted by Gasteiger charge is -2.32. The van der Waals surface area contributed by atoms with Gasteiger partial charge >= 0.3 is 5.97 Å². The van der Waals surface area contributed by atoms with Gasteiger partial charge in [-0.1, -0.05) is 6.92 Å². The molecule has 0 saturated carbocycles. The molecule has 2 heterocycles. The molecule has 2 rings (SSSR count). The van der Waals surface area contributed by atoms with Crippen molar-refractivity contribution in [2.45, 2.75) is 31.8 Å². The van der Waals surface area contributed by atoms with Crippen molar-refractivity contribution in [2.75, 3.05) is 13.1 Å². The fourth-order valence-corrected chi connectivity index (χ4v) is 2.19. The first kappa shape index (κ1) is 8.05. The number of carbonyl (C=O) groups is 1. The Morgan fingerprint density at radius 2 is 2.17 bits per heavy atom. The Hall–Kier alpha value is -0.570. The van der Waals surface area contributed by atoms with Gasteiger partial charge in [0.2, 0.25) is 0 Å². The van der Waals surface area contributed by atoms with E-state index in [0.29, 0.717) is 0 Å². The van der Waals surface area contributed by atoms with Gasteiger partial charge in [0, 0.05) is 6.42 Å². The Kier molecular flexibility index (Phi) is 1.83. The SMILES string of the molecule is CC1CC2(CCNCC2)OC1=O. The molecule has 1 unspecified atom stereocenters. The number of esters is 1. The fraction of sp³-hybridized carbons (Fsp3) is 0.889. The zero-order valence-electron chi connectivity index (χ0n) is 7.43. The van der Waals surface area contributed by atoms with E-state index in [1.54, 1.807) is 0 Å². The first-order valence-corrected chi connectivity index (χ1v) is 4.65. The summed E-state index contributed by atoms with van der Waals surface area (Å²) in [5.41, 5.74) is -0.0955. The molecule has 0 aromatic carbocycles. The minimum absolute atomic E-state index is 0.00287. The average molecular weight is 169 g/mol. The van der Waals surface area contributed by atoms with Gasteiger partial charge in [-0.3, -0.25) is 4.79 Å². The van der Waals surface area contributed by atoms with E-state index >= 15 is 0 Å². The standard InChI is InChI=1S/C9H15NO2/c1-7-6-9(12-8(7)11)2-4-10-5-3-9/h7,10H,2-6H2,1H3. The summed E-state index contributed by atoms with van der Waals surface area (Å²) in [6.07, 6.45) is 2.90. The van der Waals surface area contributed by atoms with Gasteiger partial charge in [0.05, 0.1) is 5.92 Å². The second-order valence-corrected chi connectivity index (χ2v) is 3.96.